The Morgan fingerprint density at radius 2 is 2.40 bits per heavy atom. The molecule has 2 nitrogen and oxygen atoms in total. The minimum atomic E-state index is 0.309. The van der Waals surface area contributed by atoms with Gasteiger partial charge < -0.3 is 9.72 Å². The van der Waals surface area contributed by atoms with E-state index in [2.05, 4.69) is 4.98 Å². The summed E-state index contributed by atoms with van der Waals surface area (Å²) in [7, 11) is 0. The van der Waals surface area contributed by atoms with Crippen molar-refractivity contribution in [2.45, 2.75) is 26.6 Å². The second kappa shape index (κ2) is 3.42. The van der Waals surface area contributed by atoms with Crippen LogP contribution in [0.4, 0.5) is 0 Å². The van der Waals surface area contributed by atoms with E-state index in [0.717, 1.165) is 5.69 Å². The molecule has 0 aliphatic heterocycles. The van der Waals surface area contributed by atoms with E-state index in [4.69, 9.17) is 4.74 Å². The molecule has 0 aliphatic rings. The largest absolute Gasteiger partial charge is 0.373 e. The maximum atomic E-state index is 5.35. The molecule has 0 amide bonds. The molecule has 2 heteroatoms. The van der Waals surface area contributed by atoms with Crippen LogP contribution in [0.2, 0.25) is 0 Å². The fourth-order valence-electron chi connectivity index (χ4n) is 0.714. The second-order valence-corrected chi connectivity index (χ2v) is 2.56. The Morgan fingerprint density at radius 3 is 2.90 bits per heavy atom. The molecule has 0 aliphatic carbocycles. The van der Waals surface area contributed by atoms with Crippen LogP contribution in [0.1, 0.15) is 19.5 Å². The van der Waals surface area contributed by atoms with E-state index in [-0.39, 0.29) is 0 Å². The van der Waals surface area contributed by atoms with Crippen LogP contribution < -0.4 is 0 Å². The summed E-state index contributed by atoms with van der Waals surface area (Å²) in [6.45, 7) is 4.75. The monoisotopic (exact) mass is 139 g/mol. The lowest BCUT2D eigenvalue weighted by Gasteiger charge is -2.04. The smallest absolute Gasteiger partial charge is 0.0869 e. The lowest BCUT2D eigenvalue weighted by atomic mass is 10.4. The average Bonchev–Trinajstić information content (AvgIpc) is 2.34. The van der Waals surface area contributed by atoms with Crippen LogP contribution in [0.3, 0.4) is 0 Å². The van der Waals surface area contributed by atoms with E-state index in [1.54, 1.807) is 0 Å². The van der Waals surface area contributed by atoms with Gasteiger partial charge in [-0.2, -0.15) is 0 Å². The Balaban J connectivity index is 2.28. The third-order valence-corrected chi connectivity index (χ3v) is 1.23. The lowest BCUT2D eigenvalue weighted by molar-refractivity contribution is 0.0638. The summed E-state index contributed by atoms with van der Waals surface area (Å²) in [5.41, 5.74) is 1.13. The van der Waals surface area contributed by atoms with Crippen molar-refractivity contribution < 1.29 is 4.74 Å². The Morgan fingerprint density at radius 1 is 1.60 bits per heavy atom. The van der Waals surface area contributed by atoms with Crippen molar-refractivity contribution >= 4 is 0 Å². The molecule has 56 valence electrons. The van der Waals surface area contributed by atoms with Crippen molar-refractivity contribution in [2.75, 3.05) is 0 Å². The number of nitrogens with one attached hydrogen (secondary N) is 1. The Hall–Kier alpha value is -0.760. The number of H-pyrrole nitrogens is 1. The van der Waals surface area contributed by atoms with Crippen LogP contribution in [0, 0.1) is 0 Å². The first kappa shape index (κ1) is 7.35. The van der Waals surface area contributed by atoms with Crippen LogP contribution in [0.15, 0.2) is 18.3 Å². The van der Waals surface area contributed by atoms with Crippen LogP contribution in [0.25, 0.3) is 0 Å². The molecule has 0 spiro atoms. The number of aromatic nitrogens is 1. The highest BCUT2D eigenvalue weighted by Crippen LogP contribution is 1.99. The van der Waals surface area contributed by atoms with Crippen LogP contribution >= 0.6 is 0 Å². The van der Waals surface area contributed by atoms with E-state index < -0.39 is 0 Å². The quantitative estimate of drug-likeness (QED) is 0.680. The summed E-state index contributed by atoms with van der Waals surface area (Å²) in [6.07, 6.45) is 2.21. The van der Waals surface area contributed by atoms with E-state index in [0.29, 0.717) is 12.7 Å². The third kappa shape index (κ3) is 2.23. The first-order chi connectivity index (χ1) is 4.79. The third-order valence-electron chi connectivity index (χ3n) is 1.23. The van der Waals surface area contributed by atoms with Crippen LogP contribution in [-0.2, 0) is 11.3 Å². The number of rotatable bonds is 3. The highest BCUT2D eigenvalue weighted by atomic mass is 16.5. The molecule has 1 heterocycles. The highest BCUT2D eigenvalue weighted by Gasteiger charge is 1.94. The summed E-state index contributed by atoms with van der Waals surface area (Å²) in [5, 5.41) is 0. The van der Waals surface area contributed by atoms with Gasteiger partial charge in [-0.15, -0.1) is 0 Å². The minimum absolute atomic E-state index is 0.309. The summed E-state index contributed by atoms with van der Waals surface area (Å²) in [4.78, 5) is 3.07. The van der Waals surface area contributed by atoms with Gasteiger partial charge >= 0.3 is 0 Å². The second-order valence-electron chi connectivity index (χ2n) is 2.56. The zero-order valence-electron chi connectivity index (χ0n) is 6.42. The molecular formula is C8H13NO. The van der Waals surface area contributed by atoms with E-state index >= 15 is 0 Å². The molecule has 0 aromatic carbocycles. The van der Waals surface area contributed by atoms with Gasteiger partial charge in [-0.3, -0.25) is 0 Å². The van der Waals surface area contributed by atoms with Crippen LogP contribution in [0.5, 0.6) is 0 Å². The summed E-state index contributed by atoms with van der Waals surface area (Å²) >= 11 is 0. The van der Waals surface area contributed by atoms with Crippen LogP contribution in [-0.4, -0.2) is 11.1 Å². The Bertz CT molecular complexity index is 167. The molecule has 1 rings (SSSR count). The van der Waals surface area contributed by atoms with Gasteiger partial charge in [0.2, 0.25) is 0 Å². The molecule has 0 saturated carbocycles. The normalized spacial score (nSPS) is 10.7. The van der Waals surface area contributed by atoms with Gasteiger partial charge in [0, 0.05) is 11.9 Å². The SMILES string of the molecule is CC(C)OCc1ccc[nH]1. The van der Waals surface area contributed by atoms with Gasteiger partial charge in [0.1, 0.15) is 0 Å². The van der Waals surface area contributed by atoms with Gasteiger partial charge in [-0.05, 0) is 26.0 Å². The van der Waals surface area contributed by atoms with E-state index in [1.807, 2.05) is 32.2 Å². The molecule has 1 aromatic rings. The summed E-state index contributed by atoms with van der Waals surface area (Å²) in [6, 6.07) is 3.99. The van der Waals surface area contributed by atoms with Gasteiger partial charge in [-0.25, -0.2) is 0 Å². The first-order valence-electron chi connectivity index (χ1n) is 3.53. The molecule has 1 N–H and O–H groups in total. The molecule has 0 atom stereocenters. The average molecular weight is 139 g/mol. The highest BCUT2D eigenvalue weighted by molar-refractivity contribution is 5.01. The van der Waals surface area contributed by atoms with Crippen molar-refractivity contribution in [1.29, 1.82) is 0 Å². The van der Waals surface area contributed by atoms with Gasteiger partial charge in [0.15, 0.2) is 0 Å². The Kier molecular flexibility index (Phi) is 2.51. The maximum Gasteiger partial charge on any atom is 0.0869 e. The van der Waals surface area contributed by atoms with Crippen molar-refractivity contribution in [1.82, 2.24) is 4.98 Å². The first-order valence-corrected chi connectivity index (χ1v) is 3.53. The van der Waals surface area contributed by atoms with Gasteiger partial charge in [0.05, 0.1) is 12.7 Å². The maximum absolute atomic E-state index is 5.35. The fourth-order valence-corrected chi connectivity index (χ4v) is 0.714. The molecule has 0 saturated heterocycles. The molecule has 0 unspecified atom stereocenters. The molecule has 0 radical (unpaired) electrons. The lowest BCUT2D eigenvalue weighted by Crippen LogP contribution is -2.01. The molecule has 1 aromatic heterocycles. The standard InChI is InChI=1S/C8H13NO/c1-7(2)10-6-8-4-3-5-9-8/h3-5,7,9H,6H2,1-2H3. The molecule has 0 fully saturated rings. The predicted octanol–water partition coefficient (Wildman–Crippen LogP) is 1.94. The topological polar surface area (TPSA) is 25.0 Å². The number of hydrogen-bond acceptors (Lipinski definition) is 1. The number of hydrogen-bond donors (Lipinski definition) is 1. The van der Waals surface area contributed by atoms with E-state index in [9.17, 15) is 0 Å². The van der Waals surface area contributed by atoms with Gasteiger partial charge in [-0.1, -0.05) is 0 Å². The molecule has 10 heavy (non-hydrogen) atoms. The predicted molar refractivity (Wildman–Crippen MR) is 40.7 cm³/mol. The fraction of sp³-hybridized carbons (Fsp3) is 0.500. The minimum Gasteiger partial charge on any atom is -0.373 e. The summed E-state index contributed by atoms with van der Waals surface area (Å²) in [5.74, 6) is 0. The molecule has 0 bridgehead atoms. The summed E-state index contributed by atoms with van der Waals surface area (Å²) < 4.78 is 5.35. The number of ether oxygens (including phenoxy) is 1. The zero-order chi connectivity index (χ0) is 7.40. The Labute approximate surface area is 61.2 Å². The number of aromatic amines is 1. The van der Waals surface area contributed by atoms with Crippen molar-refractivity contribution in [3.05, 3.63) is 24.0 Å². The van der Waals surface area contributed by atoms with Crippen molar-refractivity contribution in [2.24, 2.45) is 0 Å². The van der Waals surface area contributed by atoms with Crippen molar-refractivity contribution in [3.63, 3.8) is 0 Å². The van der Waals surface area contributed by atoms with Crippen molar-refractivity contribution in [3.8, 4) is 0 Å². The zero-order valence-corrected chi connectivity index (χ0v) is 6.42. The molecular weight excluding hydrogens is 126 g/mol. The van der Waals surface area contributed by atoms with Gasteiger partial charge in [0.25, 0.3) is 0 Å². The van der Waals surface area contributed by atoms with E-state index in [1.165, 1.54) is 0 Å².